The van der Waals surface area contributed by atoms with Gasteiger partial charge in [-0.2, -0.15) is 0 Å². The van der Waals surface area contributed by atoms with E-state index in [9.17, 15) is 18.4 Å². The number of carbonyl (C=O) groups excluding carboxylic acids is 2. The lowest BCUT2D eigenvalue weighted by atomic mass is 9.94. The van der Waals surface area contributed by atoms with Gasteiger partial charge in [-0.05, 0) is 76.5 Å². The summed E-state index contributed by atoms with van der Waals surface area (Å²) < 4.78 is 27.5. The molecule has 0 radical (unpaired) electrons. The number of nitrogens with one attached hydrogen (secondary N) is 2. The van der Waals surface area contributed by atoms with E-state index in [0.29, 0.717) is 12.2 Å². The number of hydrogen-bond donors (Lipinski definition) is 2. The van der Waals surface area contributed by atoms with Gasteiger partial charge in [0.2, 0.25) is 11.8 Å². The fraction of sp³-hybridized carbons (Fsp3) is 0.440. The molecule has 0 aromatic heterocycles. The maximum atomic E-state index is 14.0. The van der Waals surface area contributed by atoms with Gasteiger partial charge in [0.1, 0.15) is 11.6 Å². The van der Waals surface area contributed by atoms with E-state index in [-0.39, 0.29) is 34.4 Å². The first-order valence-corrected chi connectivity index (χ1v) is 11.4. The highest BCUT2D eigenvalue weighted by atomic mass is 35.5. The third kappa shape index (κ3) is 7.24. The molecule has 2 aromatic carbocycles. The van der Waals surface area contributed by atoms with Gasteiger partial charge in [-0.1, -0.05) is 23.7 Å². The van der Waals surface area contributed by atoms with Crippen LogP contribution in [0.5, 0.6) is 0 Å². The summed E-state index contributed by atoms with van der Waals surface area (Å²) in [6.07, 6.45) is 1.24. The molecule has 1 aliphatic heterocycles. The lowest BCUT2D eigenvalue weighted by Gasteiger charge is -2.33. The SMILES string of the molecule is CC(C)(C)NC(=O)C1CCN(Cc2cccc(NC(=O)Cc3c(F)ccc(F)c3Cl)c2)CC1. The summed E-state index contributed by atoms with van der Waals surface area (Å²) >= 11 is 5.81. The number of rotatable bonds is 6. The second-order valence-electron chi connectivity index (χ2n) is 9.54. The second kappa shape index (κ2) is 10.6. The van der Waals surface area contributed by atoms with Crippen molar-refractivity contribution in [1.82, 2.24) is 10.2 Å². The summed E-state index contributed by atoms with van der Waals surface area (Å²) in [6.45, 7) is 8.27. The fourth-order valence-electron chi connectivity index (χ4n) is 3.93. The monoisotopic (exact) mass is 477 g/mol. The minimum Gasteiger partial charge on any atom is -0.351 e. The first-order chi connectivity index (χ1) is 15.5. The lowest BCUT2D eigenvalue weighted by molar-refractivity contribution is -0.128. The maximum absolute atomic E-state index is 14.0. The number of anilines is 1. The van der Waals surface area contributed by atoms with Gasteiger partial charge in [-0.15, -0.1) is 0 Å². The Kier molecular flexibility index (Phi) is 8.08. The molecule has 1 heterocycles. The smallest absolute Gasteiger partial charge is 0.228 e. The molecular weight excluding hydrogens is 448 g/mol. The first-order valence-electron chi connectivity index (χ1n) is 11.1. The summed E-state index contributed by atoms with van der Waals surface area (Å²) in [5.74, 6) is -1.82. The van der Waals surface area contributed by atoms with Gasteiger partial charge < -0.3 is 10.6 Å². The number of amides is 2. The number of halogens is 3. The Hall–Kier alpha value is -2.51. The Bertz CT molecular complexity index is 1020. The quantitative estimate of drug-likeness (QED) is 0.580. The van der Waals surface area contributed by atoms with Gasteiger partial charge in [-0.3, -0.25) is 14.5 Å². The summed E-state index contributed by atoms with van der Waals surface area (Å²) in [7, 11) is 0. The summed E-state index contributed by atoms with van der Waals surface area (Å²) in [5, 5.41) is 5.41. The zero-order valence-electron chi connectivity index (χ0n) is 19.2. The molecule has 0 aliphatic carbocycles. The van der Waals surface area contributed by atoms with Crippen LogP contribution in [0, 0.1) is 17.6 Å². The minimum absolute atomic E-state index is 0.0288. The first kappa shape index (κ1) is 25.1. The van der Waals surface area contributed by atoms with Crippen molar-refractivity contribution < 1.29 is 18.4 Å². The van der Waals surface area contributed by atoms with E-state index in [1.807, 2.05) is 39.0 Å². The molecule has 3 rings (SSSR count). The zero-order chi connectivity index (χ0) is 24.2. The molecule has 0 bridgehead atoms. The van der Waals surface area contributed by atoms with Crippen LogP contribution in [0.3, 0.4) is 0 Å². The Morgan fingerprint density at radius 3 is 2.42 bits per heavy atom. The number of piperidine rings is 1. The van der Waals surface area contributed by atoms with Crippen LogP contribution in [0.1, 0.15) is 44.7 Å². The minimum atomic E-state index is -0.762. The van der Waals surface area contributed by atoms with Crippen molar-refractivity contribution >= 4 is 29.1 Å². The van der Waals surface area contributed by atoms with E-state index < -0.39 is 17.5 Å². The molecule has 0 atom stereocenters. The van der Waals surface area contributed by atoms with Crippen LogP contribution in [0.25, 0.3) is 0 Å². The number of benzene rings is 2. The molecule has 5 nitrogen and oxygen atoms in total. The Balaban J connectivity index is 1.54. The van der Waals surface area contributed by atoms with Gasteiger partial charge in [0.25, 0.3) is 0 Å². The van der Waals surface area contributed by atoms with Crippen LogP contribution >= 0.6 is 11.6 Å². The van der Waals surface area contributed by atoms with Crippen molar-refractivity contribution in [2.75, 3.05) is 18.4 Å². The van der Waals surface area contributed by atoms with Crippen molar-refractivity contribution in [3.8, 4) is 0 Å². The van der Waals surface area contributed by atoms with E-state index >= 15 is 0 Å². The van der Waals surface area contributed by atoms with Crippen molar-refractivity contribution in [1.29, 1.82) is 0 Å². The Morgan fingerprint density at radius 2 is 1.76 bits per heavy atom. The predicted molar refractivity (Wildman–Crippen MR) is 126 cm³/mol. The molecule has 178 valence electrons. The molecule has 2 N–H and O–H groups in total. The number of hydrogen-bond acceptors (Lipinski definition) is 3. The normalized spacial score (nSPS) is 15.3. The average Bonchev–Trinajstić information content (AvgIpc) is 2.73. The summed E-state index contributed by atoms with van der Waals surface area (Å²) in [5.41, 5.74) is 1.19. The van der Waals surface area contributed by atoms with E-state index in [2.05, 4.69) is 15.5 Å². The third-order valence-corrected chi connectivity index (χ3v) is 5.96. The standard InChI is InChI=1S/C25H30ClF2N3O2/c1-25(2,3)30-24(33)17-9-11-31(12-10-17)15-16-5-4-6-18(13-16)29-22(32)14-19-20(27)7-8-21(28)23(19)26/h4-8,13,17H,9-12,14-15H2,1-3H3,(H,29,32)(H,30,33). The lowest BCUT2D eigenvalue weighted by Crippen LogP contribution is -2.46. The van der Waals surface area contributed by atoms with Gasteiger partial charge in [0.05, 0.1) is 11.4 Å². The predicted octanol–water partition coefficient (Wildman–Crippen LogP) is 4.93. The molecule has 1 saturated heterocycles. The van der Waals surface area contributed by atoms with Crippen LogP contribution in [-0.4, -0.2) is 35.3 Å². The molecule has 1 fully saturated rings. The van der Waals surface area contributed by atoms with Gasteiger partial charge >= 0.3 is 0 Å². The van der Waals surface area contributed by atoms with E-state index in [4.69, 9.17) is 11.6 Å². The van der Waals surface area contributed by atoms with E-state index in [1.165, 1.54) is 0 Å². The Labute approximate surface area is 198 Å². The maximum Gasteiger partial charge on any atom is 0.228 e. The van der Waals surface area contributed by atoms with Crippen LogP contribution in [0.2, 0.25) is 5.02 Å². The molecule has 0 spiro atoms. The highest BCUT2D eigenvalue weighted by molar-refractivity contribution is 6.31. The molecule has 8 heteroatoms. The van der Waals surface area contributed by atoms with Crippen LogP contribution in [0.4, 0.5) is 14.5 Å². The molecule has 33 heavy (non-hydrogen) atoms. The number of likely N-dealkylation sites (tertiary alicyclic amines) is 1. The molecule has 2 amide bonds. The number of nitrogens with zero attached hydrogens (tertiary/aromatic N) is 1. The van der Waals surface area contributed by atoms with Gasteiger partial charge in [-0.25, -0.2) is 8.78 Å². The van der Waals surface area contributed by atoms with E-state index in [0.717, 1.165) is 43.6 Å². The number of carbonyl (C=O) groups is 2. The average molecular weight is 478 g/mol. The second-order valence-corrected chi connectivity index (χ2v) is 9.91. The van der Waals surface area contributed by atoms with Crippen LogP contribution in [-0.2, 0) is 22.6 Å². The highest BCUT2D eigenvalue weighted by Gasteiger charge is 2.27. The van der Waals surface area contributed by atoms with Crippen LogP contribution in [0.15, 0.2) is 36.4 Å². The topological polar surface area (TPSA) is 61.4 Å². The zero-order valence-corrected chi connectivity index (χ0v) is 19.9. The largest absolute Gasteiger partial charge is 0.351 e. The van der Waals surface area contributed by atoms with Crippen molar-refractivity contribution in [2.45, 2.75) is 52.1 Å². The van der Waals surface area contributed by atoms with Crippen molar-refractivity contribution in [3.63, 3.8) is 0 Å². The van der Waals surface area contributed by atoms with Crippen molar-refractivity contribution in [2.24, 2.45) is 5.92 Å². The van der Waals surface area contributed by atoms with Gasteiger partial charge in [0, 0.05) is 29.3 Å². The third-order valence-electron chi connectivity index (χ3n) is 5.55. The summed E-state index contributed by atoms with van der Waals surface area (Å²) in [4.78, 5) is 27.1. The van der Waals surface area contributed by atoms with Crippen LogP contribution < -0.4 is 10.6 Å². The molecule has 1 aliphatic rings. The molecule has 0 saturated carbocycles. The molecule has 2 aromatic rings. The molecule has 0 unspecified atom stereocenters. The van der Waals surface area contributed by atoms with Gasteiger partial charge in [0.15, 0.2) is 0 Å². The summed E-state index contributed by atoms with van der Waals surface area (Å²) in [6, 6.07) is 9.30. The fourth-order valence-corrected chi connectivity index (χ4v) is 4.15. The van der Waals surface area contributed by atoms with Crippen molar-refractivity contribution in [3.05, 3.63) is 64.2 Å². The van der Waals surface area contributed by atoms with E-state index in [1.54, 1.807) is 6.07 Å². The Morgan fingerprint density at radius 1 is 1.09 bits per heavy atom. The highest BCUT2D eigenvalue weighted by Crippen LogP contribution is 2.24. The molecular formula is C25H30ClF2N3O2.